The highest BCUT2D eigenvalue weighted by Crippen LogP contribution is 2.16. The van der Waals surface area contributed by atoms with Crippen molar-refractivity contribution >= 4 is 23.6 Å². The molecule has 1 aromatic rings. The van der Waals surface area contributed by atoms with Gasteiger partial charge in [0.2, 0.25) is 5.91 Å². The Kier molecular flexibility index (Phi) is 3.83. The van der Waals surface area contributed by atoms with E-state index in [0.29, 0.717) is 5.69 Å². The van der Waals surface area contributed by atoms with E-state index in [1.807, 2.05) is 6.92 Å². The van der Waals surface area contributed by atoms with Gasteiger partial charge in [0, 0.05) is 18.7 Å². The van der Waals surface area contributed by atoms with Gasteiger partial charge in [0.05, 0.1) is 0 Å². The minimum Gasteiger partial charge on any atom is -0.478 e. The fourth-order valence-electron chi connectivity index (χ4n) is 1.30. The average Bonchev–Trinajstić information content (AvgIpc) is 2.15. The summed E-state index contributed by atoms with van der Waals surface area (Å²) in [6.07, 6.45) is 2.61. The molecule has 2 N–H and O–H groups in total. The maximum absolute atomic E-state index is 10.8. The van der Waals surface area contributed by atoms with E-state index in [4.69, 9.17) is 5.11 Å². The van der Waals surface area contributed by atoms with E-state index < -0.39 is 5.97 Å². The van der Waals surface area contributed by atoms with Gasteiger partial charge in [0.25, 0.3) is 0 Å². The topological polar surface area (TPSA) is 66.4 Å². The van der Waals surface area contributed by atoms with Gasteiger partial charge in [-0.1, -0.05) is 6.07 Å². The molecular formula is C12H13NO3. The molecule has 1 aromatic carbocycles. The zero-order valence-corrected chi connectivity index (χ0v) is 9.15. The van der Waals surface area contributed by atoms with E-state index >= 15 is 0 Å². The summed E-state index contributed by atoms with van der Waals surface area (Å²) in [6.45, 7) is 3.29. The van der Waals surface area contributed by atoms with Crippen molar-refractivity contribution in [3.05, 3.63) is 35.4 Å². The fourth-order valence-corrected chi connectivity index (χ4v) is 1.30. The number of nitrogens with one attached hydrogen (secondary N) is 1. The SMILES string of the molecule is CC(=O)Nc1ccc(/C=C/C(=O)O)c(C)c1. The maximum atomic E-state index is 10.8. The van der Waals surface area contributed by atoms with Crippen molar-refractivity contribution in [2.24, 2.45) is 0 Å². The summed E-state index contributed by atoms with van der Waals surface area (Å²) >= 11 is 0. The first-order valence-electron chi connectivity index (χ1n) is 4.78. The van der Waals surface area contributed by atoms with Crippen LogP contribution in [0.4, 0.5) is 5.69 Å². The number of carboxylic acid groups (broad SMARTS) is 1. The van der Waals surface area contributed by atoms with E-state index in [-0.39, 0.29) is 5.91 Å². The summed E-state index contributed by atoms with van der Waals surface area (Å²) in [5, 5.41) is 11.2. The van der Waals surface area contributed by atoms with Crippen LogP contribution in [-0.2, 0) is 9.59 Å². The van der Waals surface area contributed by atoms with Crippen molar-refractivity contribution in [3.63, 3.8) is 0 Å². The summed E-state index contributed by atoms with van der Waals surface area (Å²) in [5.41, 5.74) is 2.43. The highest BCUT2D eigenvalue weighted by atomic mass is 16.4. The van der Waals surface area contributed by atoms with Crippen molar-refractivity contribution in [3.8, 4) is 0 Å². The molecule has 0 saturated heterocycles. The Balaban J connectivity index is 2.91. The Morgan fingerprint density at radius 1 is 1.38 bits per heavy atom. The Morgan fingerprint density at radius 2 is 2.06 bits per heavy atom. The quantitative estimate of drug-likeness (QED) is 0.764. The van der Waals surface area contributed by atoms with Gasteiger partial charge in [-0.25, -0.2) is 4.79 Å². The highest BCUT2D eigenvalue weighted by molar-refractivity contribution is 5.89. The summed E-state index contributed by atoms with van der Waals surface area (Å²) in [5.74, 6) is -1.11. The third kappa shape index (κ3) is 3.57. The molecule has 4 heteroatoms. The van der Waals surface area contributed by atoms with Crippen LogP contribution in [0.2, 0.25) is 0 Å². The predicted molar refractivity (Wildman–Crippen MR) is 62.2 cm³/mol. The van der Waals surface area contributed by atoms with Gasteiger partial charge in [-0.2, -0.15) is 0 Å². The van der Waals surface area contributed by atoms with Crippen LogP contribution in [0.3, 0.4) is 0 Å². The molecule has 0 saturated carbocycles. The van der Waals surface area contributed by atoms with Gasteiger partial charge in [-0.05, 0) is 36.3 Å². The standard InChI is InChI=1S/C12H13NO3/c1-8-7-11(13-9(2)14)5-3-10(8)4-6-12(15)16/h3-7H,1-2H3,(H,13,14)(H,15,16)/b6-4+. The zero-order chi connectivity index (χ0) is 12.1. The molecule has 0 spiro atoms. The fraction of sp³-hybridized carbons (Fsp3) is 0.167. The van der Waals surface area contributed by atoms with Crippen LogP contribution in [0.1, 0.15) is 18.1 Å². The van der Waals surface area contributed by atoms with Crippen molar-refractivity contribution in [2.75, 3.05) is 5.32 Å². The van der Waals surface area contributed by atoms with Crippen LogP contribution in [-0.4, -0.2) is 17.0 Å². The first-order valence-corrected chi connectivity index (χ1v) is 4.78. The van der Waals surface area contributed by atoms with Gasteiger partial charge in [-0.3, -0.25) is 4.79 Å². The monoisotopic (exact) mass is 219 g/mol. The minimum atomic E-state index is -0.981. The summed E-state index contributed by atoms with van der Waals surface area (Å²) in [7, 11) is 0. The molecular weight excluding hydrogens is 206 g/mol. The molecule has 4 nitrogen and oxygen atoms in total. The summed E-state index contributed by atoms with van der Waals surface area (Å²) in [6, 6.07) is 5.29. The molecule has 0 radical (unpaired) electrons. The van der Waals surface area contributed by atoms with Crippen molar-refractivity contribution in [1.29, 1.82) is 0 Å². The number of aryl methyl sites for hydroxylation is 1. The predicted octanol–water partition coefficient (Wildman–Crippen LogP) is 2.05. The van der Waals surface area contributed by atoms with Gasteiger partial charge >= 0.3 is 5.97 Å². The molecule has 0 unspecified atom stereocenters. The highest BCUT2D eigenvalue weighted by Gasteiger charge is 1.99. The van der Waals surface area contributed by atoms with Crippen LogP contribution >= 0.6 is 0 Å². The van der Waals surface area contributed by atoms with E-state index in [2.05, 4.69) is 5.32 Å². The summed E-state index contributed by atoms with van der Waals surface area (Å²) in [4.78, 5) is 21.2. The van der Waals surface area contributed by atoms with Crippen LogP contribution in [0.25, 0.3) is 6.08 Å². The number of aliphatic carboxylic acids is 1. The lowest BCUT2D eigenvalue weighted by Crippen LogP contribution is -2.05. The number of rotatable bonds is 3. The number of carboxylic acids is 1. The third-order valence-electron chi connectivity index (χ3n) is 2.00. The van der Waals surface area contributed by atoms with Gasteiger partial charge < -0.3 is 10.4 Å². The van der Waals surface area contributed by atoms with Gasteiger partial charge in [-0.15, -0.1) is 0 Å². The van der Waals surface area contributed by atoms with E-state index in [1.165, 1.54) is 13.0 Å². The van der Waals surface area contributed by atoms with E-state index in [1.54, 1.807) is 18.2 Å². The van der Waals surface area contributed by atoms with Gasteiger partial charge in [0.15, 0.2) is 0 Å². The second kappa shape index (κ2) is 5.11. The lowest BCUT2D eigenvalue weighted by atomic mass is 10.1. The number of amides is 1. The number of hydrogen-bond donors (Lipinski definition) is 2. The second-order valence-electron chi connectivity index (χ2n) is 3.42. The first kappa shape index (κ1) is 12.0. The second-order valence-corrected chi connectivity index (χ2v) is 3.42. The Hall–Kier alpha value is -2.10. The van der Waals surface area contributed by atoms with Crippen LogP contribution in [0, 0.1) is 6.92 Å². The zero-order valence-electron chi connectivity index (χ0n) is 9.15. The molecule has 84 valence electrons. The normalized spacial score (nSPS) is 10.4. The van der Waals surface area contributed by atoms with E-state index in [0.717, 1.165) is 17.2 Å². The number of carbonyl (C=O) groups is 2. The number of benzene rings is 1. The van der Waals surface area contributed by atoms with Crippen LogP contribution < -0.4 is 5.32 Å². The minimum absolute atomic E-state index is 0.131. The third-order valence-corrected chi connectivity index (χ3v) is 2.00. The van der Waals surface area contributed by atoms with Gasteiger partial charge in [0.1, 0.15) is 0 Å². The number of carbonyl (C=O) groups excluding carboxylic acids is 1. The Labute approximate surface area is 93.6 Å². The largest absolute Gasteiger partial charge is 0.478 e. The molecule has 0 aliphatic carbocycles. The molecule has 0 bridgehead atoms. The summed E-state index contributed by atoms with van der Waals surface area (Å²) < 4.78 is 0. The van der Waals surface area contributed by atoms with Crippen LogP contribution in [0.5, 0.6) is 0 Å². The molecule has 0 aliphatic rings. The van der Waals surface area contributed by atoms with Crippen molar-refractivity contribution in [1.82, 2.24) is 0 Å². The van der Waals surface area contributed by atoms with E-state index in [9.17, 15) is 9.59 Å². The molecule has 0 atom stereocenters. The molecule has 0 aromatic heterocycles. The average molecular weight is 219 g/mol. The Morgan fingerprint density at radius 3 is 2.56 bits per heavy atom. The Bertz CT molecular complexity index is 450. The molecule has 0 heterocycles. The lowest BCUT2D eigenvalue weighted by Gasteiger charge is -2.05. The molecule has 1 amide bonds. The molecule has 16 heavy (non-hydrogen) atoms. The van der Waals surface area contributed by atoms with Crippen molar-refractivity contribution < 1.29 is 14.7 Å². The maximum Gasteiger partial charge on any atom is 0.328 e. The first-order chi connectivity index (χ1) is 7.49. The number of hydrogen-bond acceptors (Lipinski definition) is 2. The smallest absolute Gasteiger partial charge is 0.328 e. The molecule has 1 rings (SSSR count). The molecule has 0 fully saturated rings. The van der Waals surface area contributed by atoms with Crippen LogP contribution in [0.15, 0.2) is 24.3 Å². The van der Waals surface area contributed by atoms with Crippen molar-refractivity contribution in [2.45, 2.75) is 13.8 Å². The molecule has 0 aliphatic heterocycles. The lowest BCUT2D eigenvalue weighted by molar-refractivity contribution is -0.131. The number of anilines is 1.